The maximum Gasteiger partial charge on any atom is 0.257 e. The van der Waals surface area contributed by atoms with Crippen molar-refractivity contribution >= 4 is 21.8 Å². The van der Waals surface area contributed by atoms with Gasteiger partial charge in [-0.2, -0.15) is 0 Å². The number of nitrogens with zero attached hydrogens (tertiary/aromatic N) is 1. The molecule has 0 saturated heterocycles. The van der Waals surface area contributed by atoms with E-state index < -0.39 is 5.82 Å². The third kappa shape index (κ3) is 1.69. The standard InChI is InChI=1S/C14H15BrFNO/c1-14(2,9-3-4-9)17-7-8-5-10(15)6-11(16)12(8)13(17)18/h5-6,9H,3-4,7H2,1-2H3. The van der Waals surface area contributed by atoms with Crippen LogP contribution in [0.15, 0.2) is 16.6 Å². The SMILES string of the molecule is CC(C)(C1CC1)N1Cc2cc(Br)cc(F)c2C1=O. The fraction of sp³-hybridized carbons (Fsp3) is 0.500. The Kier molecular flexibility index (Phi) is 2.56. The molecule has 0 bridgehead atoms. The van der Waals surface area contributed by atoms with Crippen LogP contribution in [0.2, 0.25) is 0 Å². The van der Waals surface area contributed by atoms with Gasteiger partial charge in [-0.15, -0.1) is 0 Å². The number of amides is 1. The predicted octanol–water partition coefficient (Wildman–Crippen LogP) is 3.73. The molecule has 1 aliphatic carbocycles. The number of halogens is 2. The molecule has 0 atom stereocenters. The highest BCUT2D eigenvalue weighted by Crippen LogP contribution is 2.45. The van der Waals surface area contributed by atoms with Gasteiger partial charge in [0, 0.05) is 16.6 Å². The second kappa shape index (κ2) is 3.80. The molecule has 0 unspecified atom stereocenters. The summed E-state index contributed by atoms with van der Waals surface area (Å²) in [4.78, 5) is 14.2. The molecule has 2 nitrogen and oxygen atoms in total. The van der Waals surface area contributed by atoms with E-state index in [0.717, 1.165) is 5.56 Å². The fourth-order valence-electron chi connectivity index (χ4n) is 2.84. The molecule has 1 saturated carbocycles. The topological polar surface area (TPSA) is 20.3 Å². The van der Waals surface area contributed by atoms with Crippen LogP contribution in [0.1, 0.15) is 42.6 Å². The molecule has 1 heterocycles. The van der Waals surface area contributed by atoms with E-state index in [4.69, 9.17) is 0 Å². The van der Waals surface area contributed by atoms with Crippen molar-refractivity contribution in [3.63, 3.8) is 0 Å². The number of hydrogen-bond acceptors (Lipinski definition) is 1. The molecule has 1 amide bonds. The zero-order chi connectivity index (χ0) is 13.1. The molecule has 0 radical (unpaired) electrons. The molecule has 1 aromatic carbocycles. The molecule has 96 valence electrons. The van der Waals surface area contributed by atoms with Crippen molar-refractivity contribution < 1.29 is 9.18 Å². The Labute approximate surface area is 114 Å². The molecule has 2 aliphatic rings. The van der Waals surface area contributed by atoms with E-state index in [1.807, 2.05) is 11.0 Å². The molecule has 0 N–H and O–H groups in total. The first-order chi connectivity index (χ1) is 8.41. The number of hydrogen-bond donors (Lipinski definition) is 0. The lowest BCUT2D eigenvalue weighted by atomic mass is 9.96. The van der Waals surface area contributed by atoms with Gasteiger partial charge in [-0.25, -0.2) is 4.39 Å². The molecule has 1 aliphatic heterocycles. The molecule has 4 heteroatoms. The average molecular weight is 312 g/mol. The minimum Gasteiger partial charge on any atom is -0.329 e. The van der Waals surface area contributed by atoms with Crippen LogP contribution in [-0.4, -0.2) is 16.3 Å². The molecule has 0 spiro atoms. The first-order valence-corrected chi connectivity index (χ1v) is 7.00. The van der Waals surface area contributed by atoms with Gasteiger partial charge in [0.1, 0.15) is 5.82 Å². The fourth-order valence-corrected chi connectivity index (χ4v) is 3.32. The van der Waals surface area contributed by atoms with E-state index in [2.05, 4.69) is 29.8 Å². The molecule has 0 aromatic heterocycles. The van der Waals surface area contributed by atoms with Crippen LogP contribution in [-0.2, 0) is 6.54 Å². The number of fused-ring (bicyclic) bond motifs is 1. The van der Waals surface area contributed by atoms with Gasteiger partial charge in [0.05, 0.1) is 5.56 Å². The Morgan fingerprint density at radius 3 is 2.67 bits per heavy atom. The lowest BCUT2D eigenvalue weighted by Crippen LogP contribution is -2.45. The molecular weight excluding hydrogens is 297 g/mol. The van der Waals surface area contributed by atoms with Crippen LogP contribution in [0.3, 0.4) is 0 Å². The Morgan fingerprint density at radius 1 is 1.39 bits per heavy atom. The second-order valence-corrected chi connectivity index (χ2v) is 6.66. The third-order valence-corrected chi connectivity index (χ3v) is 4.65. The minimum atomic E-state index is -0.418. The van der Waals surface area contributed by atoms with Gasteiger partial charge in [-0.1, -0.05) is 15.9 Å². The summed E-state index contributed by atoms with van der Waals surface area (Å²) in [6.07, 6.45) is 2.33. The average Bonchev–Trinajstić information content (AvgIpc) is 3.04. The molecule has 3 rings (SSSR count). The van der Waals surface area contributed by atoms with E-state index in [0.29, 0.717) is 16.9 Å². The lowest BCUT2D eigenvalue weighted by Gasteiger charge is -2.35. The molecule has 1 fully saturated rings. The highest BCUT2D eigenvalue weighted by atomic mass is 79.9. The van der Waals surface area contributed by atoms with E-state index in [9.17, 15) is 9.18 Å². The quantitative estimate of drug-likeness (QED) is 0.815. The Hall–Kier alpha value is -0.900. The first kappa shape index (κ1) is 12.2. The predicted molar refractivity (Wildman–Crippen MR) is 70.8 cm³/mol. The Bertz CT molecular complexity index is 537. The van der Waals surface area contributed by atoms with Crippen LogP contribution in [0, 0.1) is 11.7 Å². The van der Waals surface area contributed by atoms with E-state index in [-0.39, 0.29) is 17.0 Å². The van der Waals surface area contributed by atoms with Gasteiger partial charge < -0.3 is 4.90 Å². The smallest absolute Gasteiger partial charge is 0.257 e. The number of carbonyl (C=O) groups is 1. The summed E-state index contributed by atoms with van der Waals surface area (Å²) >= 11 is 3.28. The van der Waals surface area contributed by atoms with Crippen molar-refractivity contribution in [2.45, 2.75) is 38.8 Å². The minimum absolute atomic E-state index is 0.160. The summed E-state index contributed by atoms with van der Waals surface area (Å²) in [6.45, 7) is 4.69. The van der Waals surface area contributed by atoms with E-state index in [1.54, 1.807) is 0 Å². The van der Waals surface area contributed by atoms with E-state index in [1.165, 1.54) is 18.9 Å². The largest absolute Gasteiger partial charge is 0.329 e. The van der Waals surface area contributed by atoms with Crippen molar-refractivity contribution in [1.82, 2.24) is 4.90 Å². The number of rotatable bonds is 2. The van der Waals surface area contributed by atoms with Crippen LogP contribution >= 0.6 is 15.9 Å². The van der Waals surface area contributed by atoms with Crippen molar-refractivity contribution in [1.29, 1.82) is 0 Å². The third-order valence-electron chi connectivity index (χ3n) is 4.20. The van der Waals surface area contributed by atoms with Gasteiger partial charge in [0.15, 0.2) is 0 Å². The summed E-state index contributed by atoms with van der Waals surface area (Å²) in [5, 5.41) is 0. The maximum atomic E-state index is 13.9. The summed E-state index contributed by atoms with van der Waals surface area (Å²) < 4.78 is 14.6. The first-order valence-electron chi connectivity index (χ1n) is 6.21. The van der Waals surface area contributed by atoms with Gasteiger partial charge in [-0.3, -0.25) is 4.79 Å². The second-order valence-electron chi connectivity index (χ2n) is 5.74. The van der Waals surface area contributed by atoms with Crippen LogP contribution < -0.4 is 0 Å². The number of carbonyl (C=O) groups excluding carboxylic acids is 1. The zero-order valence-corrected chi connectivity index (χ0v) is 12.1. The Morgan fingerprint density at radius 2 is 2.06 bits per heavy atom. The van der Waals surface area contributed by atoms with E-state index >= 15 is 0 Å². The lowest BCUT2D eigenvalue weighted by molar-refractivity contribution is 0.0521. The van der Waals surface area contributed by atoms with Crippen molar-refractivity contribution in [2.75, 3.05) is 0 Å². The van der Waals surface area contributed by atoms with Crippen molar-refractivity contribution in [2.24, 2.45) is 5.92 Å². The van der Waals surface area contributed by atoms with Gasteiger partial charge in [0.2, 0.25) is 0 Å². The monoisotopic (exact) mass is 311 g/mol. The molecule has 1 aromatic rings. The highest BCUT2D eigenvalue weighted by Gasteiger charge is 2.47. The van der Waals surface area contributed by atoms with Crippen molar-refractivity contribution in [3.05, 3.63) is 33.5 Å². The van der Waals surface area contributed by atoms with Crippen LogP contribution in [0.4, 0.5) is 4.39 Å². The number of benzene rings is 1. The summed E-state index contributed by atoms with van der Waals surface area (Å²) in [6, 6.07) is 3.21. The van der Waals surface area contributed by atoms with Gasteiger partial charge >= 0.3 is 0 Å². The normalized spacial score (nSPS) is 19.3. The van der Waals surface area contributed by atoms with Crippen LogP contribution in [0.5, 0.6) is 0 Å². The van der Waals surface area contributed by atoms with Gasteiger partial charge in [0.25, 0.3) is 5.91 Å². The summed E-state index contributed by atoms with van der Waals surface area (Å²) in [5.74, 6) is -0.0207. The molecular formula is C14H15BrFNO. The summed E-state index contributed by atoms with van der Waals surface area (Å²) in [7, 11) is 0. The summed E-state index contributed by atoms with van der Waals surface area (Å²) in [5.41, 5.74) is 0.877. The van der Waals surface area contributed by atoms with Gasteiger partial charge in [-0.05, 0) is 50.3 Å². The van der Waals surface area contributed by atoms with Crippen molar-refractivity contribution in [3.8, 4) is 0 Å². The zero-order valence-electron chi connectivity index (χ0n) is 10.5. The molecule has 18 heavy (non-hydrogen) atoms. The van der Waals surface area contributed by atoms with Crippen LogP contribution in [0.25, 0.3) is 0 Å². The highest BCUT2D eigenvalue weighted by molar-refractivity contribution is 9.10. The Balaban J connectivity index is 2.01. The maximum absolute atomic E-state index is 13.9.